The van der Waals surface area contributed by atoms with Gasteiger partial charge >= 0.3 is 0 Å². The summed E-state index contributed by atoms with van der Waals surface area (Å²) < 4.78 is 6.76. The van der Waals surface area contributed by atoms with Gasteiger partial charge in [-0.25, -0.2) is 0 Å². The average molecular weight is 697 g/mol. The third-order valence-electron chi connectivity index (χ3n) is 9.03. The summed E-state index contributed by atoms with van der Waals surface area (Å²) in [6, 6.07) is 2.16. The normalized spacial score (nSPS) is 25.9. The van der Waals surface area contributed by atoms with Crippen LogP contribution in [0.2, 0.25) is 5.02 Å². The summed E-state index contributed by atoms with van der Waals surface area (Å²) in [5.41, 5.74) is 6.57. The molecule has 10 nitrogen and oxygen atoms in total. The Labute approximate surface area is 274 Å². The number of carbonyl (C=O) groups excluding carboxylic acids is 4. The lowest BCUT2D eigenvalue weighted by atomic mass is 9.98. The molecule has 1 saturated heterocycles. The molecule has 0 unspecified atom stereocenters. The van der Waals surface area contributed by atoms with Crippen LogP contribution < -0.4 is 16.4 Å². The van der Waals surface area contributed by atoms with Crippen molar-refractivity contribution in [3.05, 3.63) is 33.3 Å². The van der Waals surface area contributed by atoms with E-state index in [2.05, 4.69) is 26.6 Å². The Bertz CT molecular complexity index is 1220. The second kappa shape index (κ2) is 14.9. The Balaban J connectivity index is 1.64. The van der Waals surface area contributed by atoms with E-state index in [4.69, 9.17) is 22.1 Å². The van der Waals surface area contributed by atoms with Gasteiger partial charge in [0.1, 0.15) is 18.1 Å². The molecule has 44 heavy (non-hydrogen) atoms. The van der Waals surface area contributed by atoms with E-state index in [1.54, 1.807) is 26.2 Å². The van der Waals surface area contributed by atoms with Crippen molar-refractivity contribution in [2.45, 2.75) is 101 Å². The molecule has 3 aliphatic rings. The maximum Gasteiger partial charge on any atom is 0.245 e. The van der Waals surface area contributed by atoms with E-state index in [9.17, 15) is 19.2 Å². The van der Waals surface area contributed by atoms with Crippen molar-refractivity contribution in [3.8, 4) is 0 Å². The first-order chi connectivity index (χ1) is 20.8. The maximum atomic E-state index is 14.2. The molecule has 0 aromatic heterocycles. The van der Waals surface area contributed by atoms with Crippen LogP contribution in [-0.2, 0) is 30.3 Å². The summed E-state index contributed by atoms with van der Waals surface area (Å²) in [6.07, 6.45) is 5.75. The molecule has 1 spiro atoms. The standard InChI is InChI=1S/C32H47BrClN5O5/c1-19(2)15-24-30(42)39(4)26(17-21-16-22(34)10-11-23(21)33)29(41)37-32(12-13-32)18-44-14-6-5-7-25(28(40)36-24)38(3)31(43)27(35)20-8-9-20/h10-11,16,19-20,24-27H,5-9,12-15,17-18,35H2,1-4H3,(H,36,40)(H,37,41)/t24-,25-,26-,27-/m0/s1. The van der Waals surface area contributed by atoms with Crippen molar-refractivity contribution in [2.75, 3.05) is 27.3 Å². The molecule has 0 radical (unpaired) electrons. The van der Waals surface area contributed by atoms with Crippen molar-refractivity contribution in [1.82, 2.24) is 20.4 Å². The van der Waals surface area contributed by atoms with Gasteiger partial charge in [-0.2, -0.15) is 0 Å². The number of benzene rings is 1. The van der Waals surface area contributed by atoms with Crippen molar-refractivity contribution in [1.29, 1.82) is 0 Å². The zero-order valence-corrected chi connectivity index (χ0v) is 28.6. The van der Waals surface area contributed by atoms with Crippen molar-refractivity contribution in [2.24, 2.45) is 17.6 Å². The fraction of sp³-hybridized carbons (Fsp3) is 0.688. The molecule has 3 fully saturated rings. The van der Waals surface area contributed by atoms with Crippen molar-refractivity contribution >= 4 is 51.2 Å². The van der Waals surface area contributed by atoms with Gasteiger partial charge in [0.2, 0.25) is 23.6 Å². The van der Waals surface area contributed by atoms with Crippen LogP contribution in [0.1, 0.15) is 70.8 Å². The molecular formula is C32H47BrClN5O5. The van der Waals surface area contributed by atoms with Gasteiger partial charge < -0.3 is 30.9 Å². The van der Waals surface area contributed by atoms with Gasteiger partial charge in [0.15, 0.2) is 0 Å². The molecule has 1 heterocycles. The number of ether oxygens (including phenoxy) is 1. The Morgan fingerprint density at radius 3 is 2.52 bits per heavy atom. The van der Waals surface area contributed by atoms with E-state index in [0.29, 0.717) is 43.9 Å². The van der Waals surface area contributed by atoms with Crippen LogP contribution in [0.25, 0.3) is 0 Å². The number of halogens is 2. The number of nitrogens with zero attached hydrogens (tertiary/aromatic N) is 2. The van der Waals surface area contributed by atoms with Gasteiger partial charge in [-0.1, -0.05) is 41.4 Å². The molecule has 12 heteroatoms. The molecule has 2 saturated carbocycles. The predicted octanol–water partition coefficient (Wildman–Crippen LogP) is 3.42. The fourth-order valence-corrected chi connectivity index (χ4v) is 6.43. The van der Waals surface area contributed by atoms with Gasteiger partial charge in [0, 0.05) is 36.6 Å². The smallest absolute Gasteiger partial charge is 0.245 e. The van der Waals surface area contributed by atoms with Crippen molar-refractivity contribution < 1.29 is 23.9 Å². The quantitative estimate of drug-likeness (QED) is 0.400. The number of carbonyl (C=O) groups is 4. The number of nitrogens with one attached hydrogen (secondary N) is 2. The number of hydrogen-bond acceptors (Lipinski definition) is 6. The molecule has 1 aromatic carbocycles. The first-order valence-corrected chi connectivity index (χ1v) is 16.9. The molecule has 1 aliphatic heterocycles. The Morgan fingerprint density at radius 1 is 1.18 bits per heavy atom. The minimum absolute atomic E-state index is 0.0746. The maximum absolute atomic E-state index is 14.2. The highest BCUT2D eigenvalue weighted by Gasteiger charge is 2.46. The highest BCUT2D eigenvalue weighted by atomic mass is 79.9. The molecule has 1 aromatic rings. The summed E-state index contributed by atoms with van der Waals surface area (Å²) in [6.45, 7) is 4.80. The van der Waals surface area contributed by atoms with Crippen LogP contribution in [0.4, 0.5) is 0 Å². The van der Waals surface area contributed by atoms with E-state index in [0.717, 1.165) is 35.7 Å². The topological polar surface area (TPSA) is 134 Å². The van der Waals surface area contributed by atoms with Crippen LogP contribution in [0, 0.1) is 11.8 Å². The zero-order chi connectivity index (χ0) is 32.2. The fourth-order valence-electron chi connectivity index (χ4n) is 5.83. The second-order valence-electron chi connectivity index (χ2n) is 13.2. The molecule has 4 amide bonds. The third kappa shape index (κ3) is 8.95. The predicted molar refractivity (Wildman–Crippen MR) is 173 cm³/mol. The largest absolute Gasteiger partial charge is 0.379 e. The Hall–Kier alpha value is -2.21. The van der Waals surface area contributed by atoms with Gasteiger partial charge in [-0.3, -0.25) is 19.2 Å². The van der Waals surface area contributed by atoms with E-state index in [1.807, 2.05) is 19.9 Å². The van der Waals surface area contributed by atoms with E-state index in [-0.39, 0.29) is 36.0 Å². The Kier molecular flexibility index (Phi) is 11.8. The minimum Gasteiger partial charge on any atom is -0.379 e. The summed E-state index contributed by atoms with van der Waals surface area (Å²) in [4.78, 5) is 58.1. The number of likely N-dealkylation sites (N-methyl/N-ethyl adjacent to an activating group) is 2. The minimum atomic E-state index is -0.889. The third-order valence-corrected chi connectivity index (χ3v) is 10.0. The first-order valence-electron chi connectivity index (χ1n) is 15.7. The number of hydrogen-bond donors (Lipinski definition) is 3. The molecule has 244 valence electrons. The van der Waals surface area contributed by atoms with E-state index in [1.165, 1.54) is 9.80 Å². The molecule has 4 N–H and O–H groups in total. The van der Waals surface area contributed by atoms with Crippen LogP contribution >= 0.6 is 27.5 Å². The van der Waals surface area contributed by atoms with E-state index < -0.39 is 35.6 Å². The van der Waals surface area contributed by atoms with Gasteiger partial charge in [0.05, 0.1) is 18.2 Å². The average Bonchev–Trinajstić information content (AvgIpc) is 3.91. The summed E-state index contributed by atoms with van der Waals surface area (Å²) in [7, 11) is 3.22. The molecule has 4 atom stereocenters. The van der Waals surface area contributed by atoms with Crippen LogP contribution in [-0.4, -0.2) is 90.4 Å². The molecular weight excluding hydrogens is 650 g/mol. The SMILES string of the molecule is CC(C)C[C@@H]1NC(=O)[C@@H](N(C)C(=O)[C@@H](N)C2CC2)CCCCOCC2(CC2)NC(=O)[C@H](Cc2cc(Cl)ccc2Br)N(C)C1=O. The van der Waals surface area contributed by atoms with Gasteiger partial charge in [0.25, 0.3) is 0 Å². The molecule has 0 bridgehead atoms. The summed E-state index contributed by atoms with van der Waals surface area (Å²) in [5.74, 6) is -1.10. The van der Waals surface area contributed by atoms with E-state index >= 15 is 0 Å². The highest BCUT2D eigenvalue weighted by molar-refractivity contribution is 9.10. The van der Waals surface area contributed by atoms with Crippen LogP contribution in [0.3, 0.4) is 0 Å². The lowest BCUT2D eigenvalue weighted by Crippen LogP contribution is -2.59. The highest BCUT2D eigenvalue weighted by Crippen LogP contribution is 2.36. The lowest BCUT2D eigenvalue weighted by molar-refractivity contribution is -0.145. The summed E-state index contributed by atoms with van der Waals surface area (Å²) in [5, 5.41) is 6.67. The second-order valence-corrected chi connectivity index (χ2v) is 14.5. The number of amides is 4. The molecule has 4 rings (SSSR count). The van der Waals surface area contributed by atoms with Crippen molar-refractivity contribution in [3.63, 3.8) is 0 Å². The summed E-state index contributed by atoms with van der Waals surface area (Å²) >= 11 is 9.86. The monoisotopic (exact) mass is 695 g/mol. The number of rotatable bonds is 7. The lowest BCUT2D eigenvalue weighted by Gasteiger charge is -2.35. The van der Waals surface area contributed by atoms with Crippen LogP contribution in [0.15, 0.2) is 22.7 Å². The number of nitrogens with two attached hydrogens (primary N) is 1. The van der Waals surface area contributed by atoms with Gasteiger partial charge in [-0.05, 0) is 87.0 Å². The first kappa shape index (κ1) is 34.7. The molecule has 2 aliphatic carbocycles. The van der Waals surface area contributed by atoms with Crippen LogP contribution in [0.5, 0.6) is 0 Å². The zero-order valence-electron chi connectivity index (χ0n) is 26.2. The Morgan fingerprint density at radius 2 is 1.89 bits per heavy atom. The van der Waals surface area contributed by atoms with Gasteiger partial charge in [-0.15, -0.1) is 0 Å².